The van der Waals surface area contributed by atoms with Crippen molar-refractivity contribution >= 4 is 52.9 Å². The Morgan fingerprint density at radius 2 is 0.970 bits per heavy atom. The molecule has 0 bridgehead atoms. The van der Waals surface area contributed by atoms with Gasteiger partial charge < -0.3 is 45.4 Å². The van der Waals surface area contributed by atoms with E-state index in [1.54, 1.807) is 51.3 Å². The van der Waals surface area contributed by atoms with Crippen LogP contribution in [0.3, 0.4) is 0 Å². The third-order valence-electron chi connectivity index (χ3n) is 12.3. The summed E-state index contributed by atoms with van der Waals surface area (Å²) in [7, 11) is 0. The summed E-state index contributed by atoms with van der Waals surface area (Å²) >= 11 is 0. The minimum Gasteiger partial charge on any atom is -0.444 e. The zero-order valence-electron chi connectivity index (χ0n) is 41.1. The monoisotopic (exact) mass is 924 g/mol. The molecule has 2 aliphatic rings. The maximum absolute atomic E-state index is 13.9. The molecule has 67 heavy (non-hydrogen) atoms. The number of carbonyl (C=O) groups excluding carboxylic acids is 6. The average molecular weight is 924 g/mol. The number of alkyl carbamates (subject to hydrolysis) is 2. The van der Waals surface area contributed by atoms with Gasteiger partial charge in [0.15, 0.2) is 0 Å². The highest BCUT2D eigenvalue weighted by Gasteiger charge is 2.41. The molecule has 2 saturated heterocycles. The lowest BCUT2D eigenvalue weighted by Gasteiger charge is -2.32. The van der Waals surface area contributed by atoms with Gasteiger partial charge in [0.25, 0.3) is 0 Å². The molecule has 3 aromatic carbocycles. The Labute approximate surface area is 397 Å². The first-order chi connectivity index (χ1) is 31.7. The molecule has 4 N–H and O–H groups in total. The second-order valence-corrected chi connectivity index (χ2v) is 20.0. The molecular formula is C52H73N7O8. The largest absolute Gasteiger partial charge is 0.444 e. The third kappa shape index (κ3) is 14.9. The number of nitrogens with one attached hydrogen (secondary N) is 4. The lowest BCUT2D eigenvalue weighted by molar-refractivity contribution is -0.139. The smallest absolute Gasteiger partial charge is 0.408 e. The third-order valence-corrected chi connectivity index (χ3v) is 12.3. The van der Waals surface area contributed by atoms with Crippen molar-refractivity contribution in [3.8, 4) is 0 Å². The van der Waals surface area contributed by atoms with E-state index in [1.165, 1.54) is 0 Å². The maximum Gasteiger partial charge on any atom is 0.408 e. The minimum absolute atomic E-state index is 0.167. The first kappa shape index (κ1) is 51.9. The lowest BCUT2D eigenvalue weighted by atomic mass is 9.97. The summed E-state index contributed by atoms with van der Waals surface area (Å²) in [6, 6.07) is 22.4. The van der Waals surface area contributed by atoms with Crippen molar-refractivity contribution in [2.24, 2.45) is 11.8 Å². The van der Waals surface area contributed by atoms with E-state index < -0.39 is 47.6 Å². The zero-order chi connectivity index (χ0) is 49.1. The maximum atomic E-state index is 13.9. The summed E-state index contributed by atoms with van der Waals surface area (Å²) in [5, 5.41) is 11.6. The average Bonchev–Trinajstić information content (AvgIpc) is 3.98. The van der Waals surface area contributed by atoms with E-state index in [0.29, 0.717) is 76.1 Å². The first-order valence-electron chi connectivity index (χ1n) is 23.9. The second kappa shape index (κ2) is 23.1. The molecule has 0 spiro atoms. The number of likely N-dealkylation sites (tertiary alicyclic amines) is 2. The van der Waals surface area contributed by atoms with Crippen LogP contribution in [0.15, 0.2) is 78.9 Å². The van der Waals surface area contributed by atoms with Gasteiger partial charge in [-0.25, -0.2) is 9.59 Å². The highest BCUT2D eigenvalue weighted by molar-refractivity contribution is 5.99. The van der Waals surface area contributed by atoms with Crippen molar-refractivity contribution < 1.29 is 38.2 Å². The van der Waals surface area contributed by atoms with Gasteiger partial charge in [0.05, 0.1) is 0 Å². The van der Waals surface area contributed by atoms with Gasteiger partial charge in [-0.2, -0.15) is 0 Å². The number of benzene rings is 3. The van der Waals surface area contributed by atoms with Crippen molar-refractivity contribution in [3.05, 3.63) is 90.0 Å². The van der Waals surface area contributed by atoms with E-state index in [9.17, 15) is 28.8 Å². The molecule has 2 aliphatic heterocycles. The van der Waals surface area contributed by atoms with Crippen molar-refractivity contribution in [1.29, 1.82) is 0 Å². The molecule has 6 amide bonds. The SMILES string of the molecule is CC[C@H](C)[C@H](NC(=O)OC(C)(C)C)C(=O)N1CCC[C@H]1C(=O)Nc1ccc(CN(Cc2ccc(NC(=O)[C@@H]3CCCN3C(=O)[C@@H](NC(=O)OC(C)(C)C)[C@@H](C)CC)cc2)c2ccccc2)cc1. The molecule has 3 aromatic rings. The van der Waals surface area contributed by atoms with Crippen molar-refractivity contribution in [2.45, 2.75) is 156 Å². The number of carbonyl (C=O) groups is 6. The fourth-order valence-electron chi connectivity index (χ4n) is 8.35. The number of hydrogen-bond acceptors (Lipinski definition) is 9. The number of anilines is 3. The lowest BCUT2D eigenvalue weighted by Crippen LogP contribution is -2.55. The molecule has 0 radical (unpaired) electrons. The minimum atomic E-state index is -0.823. The molecule has 15 nitrogen and oxygen atoms in total. The van der Waals surface area contributed by atoms with Crippen LogP contribution in [-0.4, -0.2) is 94.1 Å². The normalized spacial score (nSPS) is 17.9. The van der Waals surface area contributed by atoms with Crippen LogP contribution in [0.1, 0.15) is 119 Å². The van der Waals surface area contributed by atoms with E-state index in [1.807, 2.05) is 94.4 Å². The topological polar surface area (TPSA) is 179 Å². The predicted octanol–water partition coefficient (Wildman–Crippen LogP) is 8.63. The fourth-order valence-corrected chi connectivity index (χ4v) is 8.35. The van der Waals surface area contributed by atoms with E-state index in [0.717, 1.165) is 16.8 Å². The molecule has 0 aliphatic carbocycles. The Morgan fingerprint density at radius 1 is 0.597 bits per heavy atom. The van der Waals surface area contributed by atoms with E-state index in [2.05, 4.69) is 38.3 Å². The van der Waals surface area contributed by atoms with Gasteiger partial charge in [-0.15, -0.1) is 0 Å². The Hall–Kier alpha value is -6.12. The second-order valence-electron chi connectivity index (χ2n) is 20.0. The Kier molecular flexibility index (Phi) is 17.8. The van der Waals surface area contributed by atoms with Gasteiger partial charge in [-0.3, -0.25) is 19.2 Å². The number of rotatable bonds is 17. The van der Waals surface area contributed by atoms with E-state index >= 15 is 0 Å². The highest BCUT2D eigenvalue weighted by atomic mass is 16.6. The van der Waals surface area contributed by atoms with E-state index in [4.69, 9.17) is 9.47 Å². The number of para-hydroxylation sites is 1. The van der Waals surface area contributed by atoms with Crippen LogP contribution >= 0.6 is 0 Å². The molecule has 15 heteroatoms. The molecular weight excluding hydrogens is 851 g/mol. The van der Waals surface area contributed by atoms with Gasteiger partial charge in [0, 0.05) is 43.2 Å². The number of nitrogens with zero attached hydrogens (tertiary/aromatic N) is 3. The van der Waals surface area contributed by atoms with Crippen LogP contribution in [0.2, 0.25) is 0 Å². The van der Waals surface area contributed by atoms with Gasteiger partial charge in [-0.05, 0) is 127 Å². The van der Waals surface area contributed by atoms with Gasteiger partial charge in [0.1, 0.15) is 35.4 Å². The fraction of sp³-hybridized carbons (Fsp3) is 0.538. The predicted molar refractivity (Wildman–Crippen MR) is 261 cm³/mol. The summed E-state index contributed by atoms with van der Waals surface area (Å²) < 4.78 is 10.9. The Balaban J connectivity index is 1.20. The van der Waals surface area contributed by atoms with Crippen LogP contribution in [0.25, 0.3) is 0 Å². The first-order valence-corrected chi connectivity index (χ1v) is 23.9. The van der Waals surface area contributed by atoms with Crippen LogP contribution in [0, 0.1) is 11.8 Å². The van der Waals surface area contributed by atoms with Crippen molar-refractivity contribution in [1.82, 2.24) is 20.4 Å². The van der Waals surface area contributed by atoms with Crippen LogP contribution in [0.4, 0.5) is 26.7 Å². The molecule has 5 rings (SSSR count). The van der Waals surface area contributed by atoms with Crippen molar-refractivity contribution in [3.63, 3.8) is 0 Å². The van der Waals surface area contributed by atoms with E-state index in [-0.39, 0.29) is 35.5 Å². The summed E-state index contributed by atoms with van der Waals surface area (Å²) in [6.07, 6.45) is 2.37. The van der Waals surface area contributed by atoms with Gasteiger partial charge in [0.2, 0.25) is 23.6 Å². The molecule has 6 atom stereocenters. The Bertz CT molecular complexity index is 2020. The van der Waals surface area contributed by atoms with Crippen LogP contribution in [-0.2, 0) is 41.7 Å². The quantitative estimate of drug-likeness (QED) is 0.103. The molecule has 0 saturated carbocycles. The van der Waals surface area contributed by atoms with Crippen LogP contribution in [0.5, 0.6) is 0 Å². The van der Waals surface area contributed by atoms with Gasteiger partial charge in [-0.1, -0.05) is 83.0 Å². The standard InChI is InChI=1S/C52H73N7O8/c1-11-34(3)43(55-49(64)66-51(5,6)7)47(62)58-30-16-20-41(58)45(60)53-38-26-22-36(23-27-38)32-57(40-18-14-13-15-19-40)33-37-24-28-39(29-25-37)54-46(61)42-21-17-31-59(42)48(63)44(35(4)12-2)56-50(65)67-52(8,9)10/h13-15,18-19,22-29,34-35,41-44H,11-12,16-17,20-21,30-33H2,1-10H3,(H,53,60)(H,54,61)(H,55,64)(H,56,65)/t34-,35-,41-,42-,43-,44-/m0/s1. The summed E-state index contributed by atoms with van der Waals surface area (Å²) in [5.41, 5.74) is 2.83. The van der Waals surface area contributed by atoms with Gasteiger partial charge >= 0.3 is 12.2 Å². The number of ether oxygens (including phenoxy) is 2. The number of hydrogen-bond donors (Lipinski definition) is 4. The molecule has 2 heterocycles. The summed E-state index contributed by atoms with van der Waals surface area (Å²) in [6.45, 7) is 20.3. The molecule has 0 unspecified atom stereocenters. The molecule has 364 valence electrons. The summed E-state index contributed by atoms with van der Waals surface area (Å²) in [4.78, 5) is 85.9. The molecule has 0 aromatic heterocycles. The number of amides is 6. The molecule has 2 fully saturated rings. The highest BCUT2D eigenvalue weighted by Crippen LogP contribution is 2.27. The van der Waals surface area contributed by atoms with Crippen molar-refractivity contribution in [2.75, 3.05) is 28.6 Å². The zero-order valence-corrected chi connectivity index (χ0v) is 41.1. The van der Waals surface area contributed by atoms with Crippen LogP contribution < -0.4 is 26.2 Å². The Morgan fingerprint density at radius 3 is 1.31 bits per heavy atom. The summed E-state index contributed by atoms with van der Waals surface area (Å²) in [5.74, 6) is -1.47.